The average Bonchev–Trinajstić information content (AvgIpc) is 2.67. The van der Waals surface area contributed by atoms with Crippen LogP contribution >= 0.6 is 0 Å². The molecule has 25 heavy (non-hydrogen) atoms. The third-order valence-corrected chi connectivity index (χ3v) is 3.55. The van der Waals surface area contributed by atoms with Gasteiger partial charge in [0.05, 0.1) is 7.11 Å². The van der Waals surface area contributed by atoms with Gasteiger partial charge >= 0.3 is 0 Å². The van der Waals surface area contributed by atoms with E-state index in [1.807, 2.05) is 54.6 Å². The van der Waals surface area contributed by atoms with Gasteiger partial charge in [-0.15, -0.1) is 0 Å². The van der Waals surface area contributed by atoms with Gasteiger partial charge in [-0.05, 0) is 24.3 Å². The third-order valence-electron chi connectivity index (χ3n) is 3.55. The predicted octanol–water partition coefficient (Wildman–Crippen LogP) is 3.16. The van der Waals surface area contributed by atoms with Crippen molar-refractivity contribution >= 4 is 17.5 Å². The fourth-order valence-electron chi connectivity index (χ4n) is 2.31. The Bertz CT molecular complexity index is 853. The summed E-state index contributed by atoms with van der Waals surface area (Å²) in [6, 6.07) is 18.7. The summed E-state index contributed by atoms with van der Waals surface area (Å²) in [7, 11) is 1.60. The van der Waals surface area contributed by atoms with E-state index in [2.05, 4.69) is 20.6 Å². The molecule has 0 saturated heterocycles. The first-order valence-electron chi connectivity index (χ1n) is 7.81. The molecule has 2 N–H and O–H groups in total. The lowest BCUT2D eigenvalue weighted by atomic mass is 10.2. The van der Waals surface area contributed by atoms with Crippen LogP contribution in [0.2, 0.25) is 0 Å². The summed E-state index contributed by atoms with van der Waals surface area (Å²) in [4.78, 5) is 20.8. The molecule has 3 rings (SSSR count). The van der Waals surface area contributed by atoms with Crippen LogP contribution in [0.25, 0.3) is 0 Å². The molecule has 0 spiro atoms. The molecule has 0 saturated carbocycles. The zero-order valence-electron chi connectivity index (χ0n) is 13.8. The standard InChI is InChI=1S/C19H18N4O2/c1-25-17-10-6-5-7-14(17)13-21-18(24)16-11-12-20-19(23-16)22-15-8-3-2-4-9-15/h2-12H,13H2,1H3,(H,21,24)(H,20,22,23). The van der Waals surface area contributed by atoms with Crippen molar-refractivity contribution in [3.8, 4) is 5.75 Å². The van der Waals surface area contributed by atoms with E-state index in [-0.39, 0.29) is 5.91 Å². The number of aromatic nitrogens is 2. The van der Waals surface area contributed by atoms with Gasteiger partial charge in [0, 0.05) is 24.0 Å². The highest BCUT2D eigenvalue weighted by atomic mass is 16.5. The molecule has 0 fully saturated rings. The van der Waals surface area contributed by atoms with Crippen molar-refractivity contribution in [3.05, 3.63) is 78.1 Å². The Morgan fingerprint density at radius 3 is 2.60 bits per heavy atom. The van der Waals surface area contributed by atoms with E-state index in [0.29, 0.717) is 18.2 Å². The van der Waals surface area contributed by atoms with Crippen LogP contribution in [-0.4, -0.2) is 23.0 Å². The maximum atomic E-state index is 12.4. The lowest BCUT2D eigenvalue weighted by molar-refractivity contribution is 0.0945. The van der Waals surface area contributed by atoms with Crippen molar-refractivity contribution in [2.45, 2.75) is 6.54 Å². The van der Waals surface area contributed by atoms with Crippen molar-refractivity contribution in [2.24, 2.45) is 0 Å². The number of amides is 1. The summed E-state index contributed by atoms with van der Waals surface area (Å²) in [6.45, 7) is 0.355. The summed E-state index contributed by atoms with van der Waals surface area (Å²) in [5, 5.41) is 5.91. The highest BCUT2D eigenvalue weighted by Gasteiger charge is 2.10. The molecule has 0 atom stereocenters. The van der Waals surface area contributed by atoms with E-state index in [1.165, 1.54) is 0 Å². The molecule has 0 aliphatic heterocycles. The summed E-state index contributed by atoms with van der Waals surface area (Å²) < 4.78 is 5.28. The van der Waals surface area contributed by atoms with Crippen molar-refractivity contribution in [3.63, 3.8) is 0 Å². The number of nitrogens with one attached hydrogen (secondary N) is 2. The van der Waals surface area contributed by atoms with Crippen molar-refractivity contribution in [1.82, 2.24) is 15.3 Å². The molecule has 0 aliphatic carbocycles. The second-order valence-corrected chi connectivity index (χ2v) is 5.25. The highest BCUT2D eigenvalue weighted by Crippen LogP contribution is 2.17. The van der Waals surface area contributed by atoms with Crippen LogP contribution in [0.1, 0.15) is 16.1 Å². The normalized spacial score (nSPS) is 10.1. The first-order chi connectivity index (χ1) is 12.3. The summed E-state index contributed by atoms with van der Waals surface area (Å²) in [5.74, 6) is 0.831. The number of benzene rings is 2. The van der Waals surface area contributed by atoms with Crippen LogP contribution in [0.4, 0.5) is 11.6 Å². The van der Waals surface area contributed by atoms with Crippen molar-refractivity contribution in [1.29, 1.82) is 0 Å². The van der Waals surface area contributed by atoms with Crippen molar-refractivity contribution in [2.75, 3.05) is 12.4 Å². The number of ether oxygens (including phenoxy) is 1. The number of carbonyl (C=O) groups is 1. The van der Waals surface area contributed by atoms with Crippen LogP contribution in [0, 0.1) is 0 Å². The number of hydrogen-bond acceptors (Lipinski definition) is 5. The quantitative estimate of drug-likeness (QED) is 0.724. The number of anilines is 2. The smallest absolute Gasteiger partial charge is 0.270 e. The average molecular weight is 334 g/mol. The SMILES string of the molecule is COc1ccccc1CNC(=O)c1ccnc(Nc2ccccc2)n1. The van der Waals surface area contributed by atoms with Gasteiger partial charge < -0.3 is 15.4 Å². The molecule has 0 radical (unpaired) electrons. The van der Waals surface area contributed by atoms with Crippen LogP contribution in [0.15, 0.2) is 66.9 Å². The van der Waals surface area contributed by atoms with E-state index in [9.17, 15) is 4.79 Å². The minimum absolute atomic E-state index is 0.274. The Labute approximate surface area is 145 Å². The Hall–Kier alpha value is -3.41. The molecular formula is C19H18N4O2. The van der Waals surface area contributed by atoms with E-state index in [0.717, 1.165) is 17.0 Å². The summed E-state index contributed by atoms with van der Waals surface area (Å²) in [5.41, 5.74) is 2.05. The molecule has 1 aromatic heterocycles. The number of rotatable bonds is 6. The fraction of sp³-hybridized carbons (Fsp3) is 0.105. The van der Waals surface area contributed by atoms with Crippen LogP contribution in [0.5, 0.6) is 5.75 Å². The van der Waals surface area contributed by atoms with Gasteiger partial charge in [0.25, 0.3) is 5.91 Å². The minimum atomic E-state index is -0.274. The Kier molecular flexibility index (Phi) is 5.21. The van der Waals surface area contributed by atoms with Crippen LogP contribution in [0.3, 0.4) is 0 Å². The predicted molar refractivity (Wildman–Crippen MR) is 95.9 cm³/mol. The molecule has 6 heteroatoms. The topological polar surface area (TPSA) is 76.1 Å². The van der Waals surface area contributed by atoms with E-state index in [1.54, 1.807) is 19.4 Å². The maximum Gasteiger partial charge on any atom is 0.270 e. The summed E-state index contributed by atoms with van der Waals surface area (Å²) >= 11 is 0. The molecule has 0 bridgehead atoms. The summed E-state index contributed by atoms with van der Waals surface area (Å²) in [6.07, 6.45) is 1.55. The van der Waals surface area contributed by atoms with Gasteiger partial charge in [-0.1, -0.05) is 36.4 Å². The Balaban J connectivity index is 1.67. The lowest BCUT2D eigenvalue weighted by Crippen LogP contribution is -2.24. The number of carbonyl (C=O) groups excluding carboxylic acids is 1. The van der Waals surface area contributed by atoms with E-state index >= 15 is 0 Å². The second kappa shape index (κ2) is 7.92. The molecule has 3 aromatic rings. The number of para-hydroxylation sites is 2. The second-order valence-electron chi connectivity index (χ2n) is 5.25. The van der Waals surface area contributed by atoms with E-state index < -0.39 is 0 Å². The fourth-order valence-corrected chi connectivity index (χ4v) is 2.31. The first-order valence-corrected chi connectivity index (χ1v) is 7.81. The highest BCUT2D eigenvalue weighted by molar-refractivity contribution is 5.92. The lowest BCUT2D eigenvalue weighted by Gasteiger charge is -2.10. The Morgan fingerprint density at radius 1 is 1.04 bits per heavy atom. The van der Waals surface area contributed by atoms with Crippen LogP contribution < -0.4 is 15.4 Å². The monoisotopic (exact) mass is 334 g/mol. The van der Waals surface area contributed by atoms with Gasteiger partial charge in [-0.3, -0.25) is 4.79 Å². The zero-order valence-corrected chi connectivity index (χ0v) is 13.8. The molecule has 1 heterocycles. The van der Waals surface area contributed by atoms with Gasteiger partial charge in [-0.25, -0.2) is 9.97 Å². The molecule has 2 aromatic carbocycles. The maximum absolute atomic E-state index is 12.4. The largest absolute Gasteiger partial charge is 0.496 e. The molecule has 1 amide bonds. The number of methoxy groups -OCH3 is 1. The van der Waals surface area contributed by atoms with Crippen LogP contribution in [-0.2, 0) is 6.54 Å². The van der Waals surface area contributed by atoms with Crippen molar-refractivity contribution < 1.29 is 9.53 Å². The first kappa shape index (κ1) is 16.4. The number of hydrogen-bond donors (Lipinski definition) is 2. The Morgan fingerprint density at radius 2 is 1.80 bits per heavy atom. The molecule has 126 valence electrons. The van der Waals surface area contributed by atoms with Gasteiger partial charge in [0.15, 0.2) is 0 Å². The molecule has 6 nitrogen and oxygen atoms in total. The minimum Gasteiger partial charge on any atom is -0.496 e. The number of nitrogens with zero attached hydrogens (tertiary/aromatic N) is 2. The molecular weight excluding hydrogens is 316 g/mol. The van der Waals surface area contributed by atoms with E-state index in [4.69, 9.17) is 4.74 Å². The zero-order chi connectivity index (χ0) is 17.5. The van der Waals surface area contributed by atoms with Gasteiger partial charge in [0.2, 0.25) is 5.95 Å². The third kappa shape index (κ3) is 4.32. The molecule has 0 aliphatic rings. The van der Waals surface area contributed by atoms with Gasteiger partial charge in [0.1, 0.15) is 11.4 Å². The van der Waals surface area contributed by atoms with Gasteiger partial charge in [-0.2, -0.15) is 0 Å². The molecule has 0 unspecified atom stereocenters.